The van der Waals surface area contributed by atoms with E-state index < -0.39 is 0 Å². The van der Waals surface area contributed by atoms with Crippen LogP contribution in [0.3, 0.4) is 0 Å². The third-order valence-electron chi connectivity index (χ3n) is 2.01. The summed E-state index contributed by atoms with van der Waals surface area (Å²) in [5.74, 6) is -0.333. The molecule has 3 nitrogen and oxygen atoms in total. The fraction of sp³-hybridized carbons (Fsp3) is 0.700. The summed E-state index contributed by atoms with van der Waals surface area (Å²) in [6.45, 7) is 11.1. The van der Waals surface area contributed by atoms with Crippen LogP contribution in [0, 0.1) is 0 Å². The number of carbonyl (C=O) groups is 1. The van der Waals surface area contributed by atoms with Crippen LogP contribution in [0.2, 0.25) is 0 Å². The maximum atomic E-state index is 11.1. The summed E-state index contributed by atoms with van der Waals surface area (Å²) in [4.78, 5) is 13.1. The molecular formula is C10H19NO2. The van der Waals surface area contributed by atoms with Crippen LogP contribution in [0.4, 0.5) is 0 Å². The highest BCUT2D eigenvalue weighted by atomic mass is 16.6. The van der Waals surface area contributed by atoms with E-state index in [4.69, 9.17) is 4.74 Å². The van der Waals surface area contributed by atoms with Crippen molar-refractivity contribution in [2.75, 3.05) is 7.05 Å². The Labute approximate surface area is 80.4 Å². The molecule has 1 atom stereocenters. The Hall–Kier alpha value is -0.830. The molecule has 0 fully saturated rings. The van der Waals surface area contributed by atoms with E-state index in [1.807, 2.05) is 32.7 Å². The van der Waals surface area contributed by atoms with Gasteiger partial charge in [-0.1, -0.05) is 6.58 Å². The smallest absolute Gasteiger partial charge is 0.334 e. The van der Waals surface area contributed by atoms with Crippen LogP contribution in [0.25, 0.3) is 0 Å². The van der Waals surface area contributed by atoms with Gasteiger partial charge in [0.15, 0.2) is 6.23 Å². The summed E-state index contributed by atoms with van der Waals surface area (Å²) in [5, 5.41) is 0. The van der Waals surface area contributed by atoms with Gasteiger partial charge in [0.1, 0.15) is 0 Å². The molecule has 13 heavy (non-hydrogen) atoms. The SMILES string of the molecule is C=C(C)C(=O)OC(C)N(C)C(C)C. The first-order valence-corrected chi connectivity index (χ1v) is 4.44. The standard InChI is InChI=1S/C10H19NO2/c1-7(2)10(12)13-9(5)11(6)8(3)4/h8-9H,1H2,2-6H3. The molecule has 0 radical (unpaired) electrons. The summed E-state index contributed by atoms with van der Waals surface area (Å²) in [7, 11) is 1.92. The fourth-order valence-electron chi connectivity index (χ4n) is 0.758. The lowest BCUT2D eigenvalue weighted by molar-refractivity contribution is -0.152. The average molecular weight is 185 g/mol. The molecule has 0 amide bonds. The number of hydrogen-bond acceptors (Lipinski definition) is 3. The van der Waals surface area contributed by atoms with Crippen molar-refractivity contribution >= 4 is 5.97 Å². The van der Waals surface area contributed by atoms with Crippen molar-refractivity contribution < 1.29 is 9.53 Å². The van der Waals surface area contributed by atoms with Gasteiger partial charge in [-0.05, 0) is 34.7 Å². The predicted octanol–water partition coefficient (Wildman–Crippen LogP) is 1.79. The molecule has 0 aromatic carbocycles. The normalized spacial score (nSPS) is 13.2. The van der Waals surface area contributed by atoms with Gasteiger partial charge >= 0.3 is 5.97 Å². The van der Waals surface area contributed by atoms with E-state index in [1.165, 1.54) is 0 Å². The first-order valence-electron chi connectivity index (χ1n) is 4.44. The van der Waals surface area contributed by atoms with Gasteiger partial charge in [0.2, 0.25) is 0 Å². The quantitative estimate of drug-likeness (QED) is 0.380. The van der Waals surface area contributed by atoms with Crippen LogP contribution < -0.4 is 0 Å². The number of nitrogens with zero attached hydrogens (tertiary/aromatic N) is 1. The second-order valence-corrected chi connectivity index (χ2v) is 3.54. The molecule has 0 aliphatic heterocycles. The number of ether oxygens (including phenoxy) is 1. The van der Waals surface area contributed by atoms with Crippen LogP contribution in [0.15, 0.2) is 12.2 Å². The maximum Gasteiger partial charge on any atom is 0.334 e. The minimum atomic E-state index is -0.333. The molecular weight excluding hydrogens is 166 g/mol. The lowest BCUT2D eigenvalue weighted by Crippen LogP contribution is -2.38. The van der Waals surface area contributed by atoms with Crippen molar-refractivity contribution in [1.82, 2.24) is 4.90 Å². The second-order valence-electron chi connectivity index (χ2n) is 3.54. The van der Waals surface area contributed by atoms with Gasteiger partial charge in [-0.15, -0.1) is 0 Å². The molecule has 0 aliphatic carbocycles. The zero-order valence-corrected chi connectivity index (χ0v) is 9.13. The van der Waals surface area contributed by atoms with E-state index in [2.05, 4.69) is 6.58 Å². The molecule has 0 spiro atoms. The molecule has 0 heterocycles. The average Bonchev–Trinajstić information content (AvgIpc) is 2.02. The molecule has 0 aromatic rings. The van der Waals surface area contributed by atoms with Gasteiger partial charge < -0.3 is 4.74 Å². The van der Waals surface area contributed by atoms with E-state index in [0.29, 0.717) is 11.6 Å². The van der Waals surface area contributed by atoms with Crippen molar-refractivity contribution in [2.45, 2.75) is 40.0 Å². The van der Waals surface area contributed by atoms with E-state index in [-0.39, 0.29) is 12.2 Å². The Balaban J connectivity index is 4.07. The summed E-state index contributed by atoms with van der Waals surface area (Å²) < 4.78 is 5.12. The van der Waals surface area contributed by atoms with E-state index >= 15 is 0 Å². The molecule has 76 valence electrons. The minimum absolute atomic E-state index is 0.204. The summed E-state index contributed by atoms with van der Waals surface area (Å²) >= 11 is 0. The Morgan fingerprint density at radius 1 is 1.38 bits per heavy atom. The fourth-order valence-corrected chi connectivity index (χ4v) is 0.758. The summed E-state index contributed by atoms with van der Waals surface area (Å²) in [5.41, 5.74) is 0.434. The molecule has 0 aromatic heterocycles. The highest BCUT2D eigenvalue weighted by Gasteiger charge is 2.16. The predicted molar refractivity (Wildman–Crippen MR) is 53.3 cm³/mol. The molecule has 0 rings (SSSR count). The van der Waals surface area contributed by atoms with Crippen LogP contribution in [-0.2, 0) is 9.53 Å². The second kappa shape index (κ2) is 5.02. The molecule has 0 aliphatic rings. The molecule has 0 saturated heterocycles. The Bertz CT molecular complexity index is 199. The lowest BCUT2D eigenvalue weighted by atomic mass is 10.3. The van der Waals surface area contributed by atoms with Gasteiger partial charge in [0.25, 0.3) is 0 Å². The zero-order chi connectivity index (χ0) is 10.6. The summed E-state index contributed by atoms with van der Waals surface area (Å²) in [6, 6.07) is 0.355. The highest BCUT2D eigenvalue weighted by Crippen LogP contribution is 2.05. The van der Waals surface area contributed by atoms with Gasteiger partial charge in [0, 0.05) is 11.6 Å². The van der Waals surface area contributed by atoms with Crippen LogP contribution in [-0.4, -0.2) is 30.2 Å². The Morgan fingerprint density at radius 3 is 2.15 bits per heavy atom. The molecule has 1 unspecified atom stereocenters. The molecule has 3 heteroatoms. The Morgan fingerprint density at radius 2 is 1.85 bits per heavy atom. The molecule has 0 bridgehead atoms. The monoisotopic (exact) mass is 185 g/mol. The summed E-state index contributed by atoms with van der Waals surface area (Å²) in [6.07, 6.45) is -0.204. The lowest BCUT2D eigenvalue weighted by Gasteiger charge is -2.27. The van der Waals surface area contributed by atoms with Crippen molar-refractivity contribution in [1.29, 1.82) is 0 Å². The van der Waals surface area contributed by atoms with Crippen molar-refractivity contribution in [3.05, 3.63) is 12.2 Å². The number of rotatable bonds is 4. The third kappa shape index (κ3) is 4.08. The van der Waals surface area contributed by atoms with Crippen molar-refractivity contribution in [2.24, 2.45) is 0 Å². The molecule has 0 N–H and O–H groups in total. The van der Waals surface area contributed by atoms with Gasteiger partial charge in [-0.2, -0.15) is 0 Å². The number of esters is 1. The van der Waals surface area contributed by atoms with Crippen LogP contribution >= 0.6 is 0 Å². The first-order chi connectivity index (χ1) is 5.86. The highest BCUT2D eigenvalue weighted by molar-refractivity contribution is 5.87. The van der Waals surface area contributed by atoms with E-state index in [9.17, 15) is 4.79 Å². The third-order valence-corrected chi connectivity index (χ3v) is 2.01. The maximum absolute atomic E-state index is 11.1. The van der Waals surface area contributed by atoms with Gasteiger partial charge in [-0.3, -0.25) is 4.90 Å². The van der Waals surface area contributed by atoms with Crippen molar-refractivity contribution in [3.63, 3.8) is 0 Å². The first kappa shape index (κ1) is 12.2. The zero-order valence-electron chi connectivity index (χ0n) is 9.13. The Kier molecular flexibility index (Phi) is 4.70. The number of hydrogen-bond donors (Lipinski definition) is 0. The minimum Gasteiger partial charge on any atom is -0.443 e. The van der Waals surface area contributed by atoms with Crippen LogP contribution in [0.5, 0.6) is 0 Å². The largest absolute Gasteiger partial charge is 0.443 e. The van der Waals surface area contributed by atoms with Gasteiger partial charge in [0.05, 0.1) is 0 Å². The topological polar surface area (TPSA) is 29.5 Å². The van der Waals surface area contributed by atoms with Crippen molar-refractivity contribution in [3.8, 4) is 0 Å². The van der Waals surface area contributed by atoms with E-state index in [0.717, 1.165) is 0 Å². The molecule has 0 saturated carbocycles. The number of carbonyl (C=O) groups excluding carboxylic acids is 1. The van der Waals surface area contributed by atoms with E-state index in [1.54, 1.807) is 6.92 Å². The van der Waals surface area contributed by atoms with Crippen LogP contribution in [0.1, 0.15) is 27.7 Å². The van der Waals surface area contributed by atoms with Gasteiger partial charge in [-0.25, -0.2) is 4.79 Å².